The van der Waals surface area contributed by atoms with Gasteiger partial charge >= 0.3 is 0 Å². The number of hydrogen-bond acceptors (Lipinski definition) is 3. The van der Waals surface area contributed by atoms with Gasteiger partial charge in [0.05, 0.1) is 12.2 Å². The van der Waals surface area contributed by atoms with Gasteiger partial charge in [-0.3, -0.25) is 0 Å². The van der Waals surface area contributed by atoms with Gasteiger partial charge in [-0.05, 0) is 19.9 Å². The number of halogens is 1. The van der Waals surface area contributed by atoms with E-state index in [2.05, 4.69) is 4.98 Å². The maximum Gasteiger partial charge on any atom is 0.147 e. The minimum atomic E-state index is 0.252. The first-order chi connectivity index (χ1) is 6.69. The summed E-state index contributed by atoms with van der Waals surface area (Å²) in [5, 5.41) is 9.11. The molecule has 14 heavy (non-hydrogen) atoms. The summed E-state index contributed by atoms with van der Waals surface area (Å²) in [4.78, 5) is 4.00. The van der Waals surface area contributed by atoms with Crippen molar-refractivity contribution < 1.29 is 4.74 Å². The van der Waals surface area contributed by atoms with Crippen LogP contribution in [0.25, 0.3) is 0 Å². The van der Waals surface area contributed by atoms with Crippen molar-refractivity contribution in [1.29, 1.82) is 5.26 Å². The standard InChI is InChI=1S/C10H11ClN2O/c1-3-14-6-8-4-7(2)13-10(11)9(8)5-12/h4H,3,6H2,1-2H3. The number of aromatic nitrogens is 1. The number of pyridine rings is 1. The van der Waals surface area contributed by atoms with Gasteiger partial charge in [-0.15, -0.1) is 0 Å². The molecular formula is C10H11ClN2O. The van der Waals surface area contributed by atoms with Gasteiger partial charge in [-0.2, -0.15) is 5.26 Å². The molecule has 0 atom stereocenters. The summed E-state index contributed by atoms with van der Waals surface area (Å²) in [5.41, 5.74) is 2.00. The molecule has 0 saturated carbocycles. The van der Waals surface area contributed by atoms with Gasteiger partial charge in [0.15, 0.2) is 0 Å². The van der Waals surface area contributed by atoms with E-state index in [1.165, 1.54) is 0 Å². The van der Waals surface area contributed by atoms with Gasteiger partial charge in [0, 0.05) is 17.9 Å². The Bertz CT molecular complexity index is 371. The highest BCUT2D eigenvalue weighted by atomic mass is 35.5. The van der Waals surface area contributed by atoms with Crippen LogP contribution in [0.1, 0.15) is 23.7 Å². The quantitative estimate of drug-likeness (QED) is 0.720. The highest BCUT2D eigenvalue weighted by molar-refractivity contribution is 6.30. The largest absolute Gasteiger partial charge is 0.377 e. The van der Waals surface area contributed by atoms with E-state index in [1.807, 2.05) is 26.0 Å². The number of aryl methyl sites for hydroxylation is 1. The van der Waals surface area contributed by atoms with E-state index in [4.69, 9.17) is 21.6 Å². The topological polar surface area (TPSA) is 45.9 Å². The van der Waals surface area contributed by atoms with Crippen LogP contribution in [0, 0.1) is 18.3 Å². The number of nitriles is 1. The van der Waals surface area contributed by atoms with E-state index in [0.717, 1.165) is 11.3 Å². The molecule has 0 amide bonds. The Balaban J connectivity index is 3.07. The summed E-state index contributed by atoms with van der Waals surface area (Å²) in [6.07, 6.45) is 0. The molecule has 3 nitrogen and oxygen atoms in total. The molecule has 0 bridgehead atoms. The second-order valence-electron chi connectivity index (χ2n) is 2.84. The highest BCUT2D eigenvalue weighted by Gasteiger charge is 2.08. The Morgan fingerprint density at radius 3 is 2.93 bits per heavy atom. The van der Waals surface area contributed by atoms with Crippen molar-refractivity contribution in [2.45, 2.75) is 20.5 Å². The summed E-state index contributed by atoms with van der Waals surface area (Å²) in [5.74, 6) is 0. The van der Waals surface area contributed by atoms with Gasteiger partial charge in [0.1, 0.15) is 11.2 Å². The molecule has 4 heteroatoms. The molecule has 1 aromatic heterocycles. The lowest BCUT2D eigenvalue weighted by atomic mass is 10.1. The molecule has 0 fully saturated rings. The zero-order valence-corrected chi connectivity index (χ0v) is 8.93. The zero-order valence-electron chi connectivity index (χ0n) is 8.17. The number of nitrogens with zero attached hydrogens (tertiary/aromatic N) is 2. The van der Waals surface area contributed by atoms with Crippen molar-refractivity contribution in [3.8, 4) is 6.07 Å². The highest BCUT2D eigenvalue weighted by Crippen LogP contribution is 2.18. The zero-order chi connectivity index (χ0) is 10.6. The average Bonchev–Trinajstić information content (AvgIpc) is 2.14. The normalized spacial score (nSPS) is 9.86. The molecular weight excluding hydrogens is 200 g/mol. The maximum atomic E-state index is 8.86. The van der Waals surface area contributed by atoms with Crippen LogP contribution in [0.4, 0.5) is 0 Å². The van der Waals surface area contributed by atoms with Gasteiger partial charge in [-0.25, -0.2) is 4.98 Å². The number of ether oxygens (including phenoxy) is 1. The molecule has 0 aliphatic carbocycles. The Morgan fingerprint density at radius 1 is 1.64 bits per heavy atom. The Kier molecular flexibility index (Phi) is 3.87. The van der Waals surface area contributed by atoms with E-state index in [1.54, 1.807) is 0 Å². The van der Waals surface area contributed by atoms with Crippen molar-refractivity contribution in [3.63, 3.8) is 0 Å². The van der Waals surface area contributed by atoms with Crippen LogP contribution < -0.4 is 0 Å². The third-order valence-electron chi connectivity index (χ3n) is 1.76. The van der Waals surface area contributed by atoms with Gasteiger partial charge in [0.25, 0.3) is 0 Å². The van der Waals surface area contributed by atoms with Crippen LogP contribution in [0.5, 0.6) is 0 Å². The molecule has 1 aromatic rings. The fourth-order valence-corrected chi connectivity index (χ4v) is 1.44. The molecule has 0 saturated heterocycles. The molecule has 0 unspecified atom stereocenters. The van der Waals surface area contributed by atoms with Crippen LogP contribution in [-0.4, -0.2) is 11.6 Å². The van der Waals surface area contributed by atoms with E-state index < -0.39 is 0 Å². The molecule has 0 aromatic carbocycles. The van der Waals surface area contributed by atoms with Crippen molar-refractivity contribution in [3.05, 3.63) is 28.0 Å². The van der Waals surface area contributed by atoms with Crippen molar-refractivity contribution in [2.24, 2.45) is 0 Å². The fraction of sp³-hybridized carbons (Fsp3) is 0.400. The van der Waals surface area contributed by atoms with Crippen LogP contribution >= 0.6 is 11.6 Å². The smallest absolute Gasteiger partial charge is 0.147 e. The molecule has 0 spiro atoms. The van der Waals surface area contributed by atoms with Crippen molar-refractivity contribution >= 4 is 11.6 Å². The molecule has 1 heterocycles. The lowest BCUT2D eigenvalue weighted by Gasteiger charge is -2.06. The first kappa shape index (κ1) is 11.0. The van der Waals surface area contributed by atoms with Gasteiger partial charge in [-0.1, -0.05) is 11.6 Å². The minimum absolute atomic E-state index is 0.252. The van der Waals surface area contributed by atoms with Crippen molar-refractivity contribution in [2.75, 3.05) is 6.61 Å². The average molecular weight is 211 g/mol. The fourth-order valence-electron chi connectivity index (χ4n) is 1.14. The van der Waals surface area contributed by atoms with E-state index in [0.29, 0.717) is 18.8 Å². The lowest BCUT2D eigenvalue weighted by Crippen LogP contribution is -1.99. The second kappa shape index (κ2) is 4.94. The van der Waals surface area contributed by atoms with Crippen molar-refractivity contribution in [1.82, 2.24) is 4.98 Å². The molecule has 0 radical (unpaired) electrons. The number of hydrogen-bond donors (Lipinski definition) is 0. The van der Waals surface area contributed by atoms with Crippen LogP contribution in [0.3, 0.4) is 0 Å². The summed E-state index contributed by atoms with van der Waals surface area (Å²) in [7, 11) is 0. The molecule has 74 valence electrons. The monoisotopic (exact) mass is 210 g/mol. The van der Waals surface area contributed by atoms with E-state index >= 15 is 0 Å². The molecule has 0 aliphatic heterocycles. The second-order valence-corrected chi connectivity index (χ2v) is 3.20. The van der Waals surface area contributed by atoms with Crippen LogP contribution in [0.15, 0.2) is 6.07 Å². The minimum Gasteiger partial charge on any atom is -0.377 e. The summed E-state index contributed by atoms with van der Waals surface area (Å²) in [6.45, 7) is 4.76. The van der Waals surface area contributed by atoms with Gasteiger partial charge < -0.3 is 4.74 Å². The third kappa shape index (κ3) is 2.44. The number of rotatable bonds is 3. The van der Waals surface area contributed by atoms with Gasteiger partial charge in [0.2, 0.25) is 0 Å². The molecule has 1 rings (SSSR count). The Morgan fingerprint density at radius 2 is 2.36 bits per heavy atom. The predicted molar refractivity (Wildman–Crippen MR) is 54.0 cm³/mol. The first-order valence-electron chi connectivity index (χ1n) is 4.33. The van der Waals surface area contributed by atoms with E-state index in [9.17, 15) is 0 Å². The Labute approximate surface area is 88.3 Å². The summed E-state index contributed by atoms with van der Waals surface area (Å²) >= 11 is 5.82. The van der Waals surface area contributed by atoms with Crippen LogP contribution in [0.2, 0.25) is 5.15 Å². The van der Waals surface area contributed by atoms with E-state index in [-0.39, 0.29) is 5.15 Å². The lowest BCUT2D eigenvalue weighted by molar-refractivity contribution is 0.134. The Hall–Kier alpha value is -1.11. The first-order valence-corrected chi connectivity index (χ1v) is 4.70. The summed E-state index contributed by atoms with van der Waals surface area (Å²) < 4.78 is 5.23. The molecule has 0 aliphatic rings. The SMILES string of the molecule is CCOCc1cc(C)nc(Cl)c1C#N. The summed E-state index contributed by atoms with van der Waals surface area (Å²) in [6, 6.07) is 3.85. The predicted octanol–water partition coefficient (Wildman–Crippen LogP) is 2.45. The molecule has 0 N–H and O–H groups in total. The maximum absolute atomic E-state index is 8.86. The van der Waals surface area contributed by atoms with Crippen LogP contribution in [-0.2, 0) is 11.3 Å². The third-order valence-corrected chi connectivity index (χ3v) is 2.03.